The fraction of sp³-hybridized carbons (Fsp3) is 0.667. The maximum Gasteiger partial charge on any atom is 0.249 e. The summed E-state index contributed by atoms with van der Waals surface area (Å²) in [6, 6.07) is 0. The van der Waals surface area contributed by atoms with Crippen LogP contribution in [0.4, 0.5) is 0 Å². The van der Waals surface area contributed by atoms with Crippen LogP contribution in [0.2, 0.25) is 0 Å². The van der Waals surface area contributed by atoms with E-state index in [2.05, 4.69) is 11.9 Å². The Morgan fingerprint density at radius 1 is 1.77 bits per heavy atom. The molecule has 3 N–H and O–H groups in total. The lowest BCUT2D eigenvalue weighted by molar-refractivity contribution is -0.131. The molecule has 0 bridgehead atoms. The average molecular weight is 186 g/mol. The maximum absolute atomic E-state index is 11.2. The first-order valence-electron chi connectivity index (χ1n) is 4.42. The van der Waals surface area contributed by atoms with E-state index in [-0.39, 0.29) is 5.91 Å². The number of ether oxygens (including phenoxy) is 1. The van der Waals surface area contributed by atoms with Crippen molar-refractivity contribution in [2.75, 3.05) is 19.7 Å². The Kier molecular flexibility index (Phi) is 7.24. The molecule has 4 nitrogen and oxygen atoms in total. The molecule has 0 aliphatic rings. The number of hydrogen-bond acceptors (Lipinski definition) is 3. The van der Waals surface area contributed by atoms with Crippen molar-refractivity contribution >= 4 is 5.91 Å². The van der Waals surface area contributed by atoms with Gasteiger partial charge in [-0.2, -0.15) is 0 Å². The third-order valence-electron chi connectivity index (χ3n) is 1.51. The van der Waals surface area contributed by atoms with Gasteiger partial charge in [0, 0.05) is 13.2 Å². The highest BCUT2D eigenvalue weighted by atomic mass is 16.5. The number of rotatable bonds is 7. The van der Waals surface area contributed by atoms with Crippen LogP contribution >= 0.6 is 0 Å². The highest BCUT2D eigenvalue weighted by Gasteiger charge is 2.10. The lowest BCUT2D eigenvalue weighted by Gasteiger charge is -2.11. The van der Waals surface area contributed by atoms with Crippen LogP contribution in [0.25, 0.3) is 0 Å². The Morgan fingerprint density at radius 2 is 2.46 bits per heavy atom. The fourth-order valence-electron chi connectivity index (χ4n) is 0.736. The van der Waals surface area contributed by atoms with Gasteiger partial charge < -0.3 is 15.8 Å². The van der Waals surface area contributed by atoms with Gasteiger partial charge in [0.25, 0.3) is 0 Å². The van der Waals surface area contributed by atoms with Crippen LogP contribution in [-0.4, -0.2) is 31.7 Å². The number of nitrogens with two attached hydrogens (primary N) is 1. The first kappa shape index (κ1) is 12.1. The lowest BCUT2D eigenvalue weighted by atomic mass is 10.3. The Labute approximate surface area is 79.1 Å². The van der Waals surface area contributed by atoms with Crippen molar-refractivity contribution in [3.63, 3.8) is 0 Å². The molecule has 1 atom stereocenters. The van der Waals surface area contributed by atoms with Crippen LogP contribution in [-0.2, 0) is 9.53 Å². The Hall–Kier alpha value is -0.870. The molecule has 0 saturated heterocycles. The van der Waals surface area contributed by atoms with Crippen molar-refractivity contribution in [3.05, 3.63) is 12.7 Å². The highest BCUT2D eigenvalue weighted by Crippen LogP contribution is 1.91. The van der Waals surface area contributed by atoms with Gasteiger partial charge in [0.05, 0.1) is 0 Å². The van der Waals surface area contributed by atoms with E-state index in [1.165, 1.54) is 0 Å². The molecule has 0 saturated carbocycles. The number of carbonyl (C=O) groups is 1. The molecule has 0 aromatic carbocycles. The molecule has 0 aliphatic heterocycles. The van der Waals surface area contributed by atoms with E-state index < -0.39 is 6.10 Å². The molecule has 1 unspecified atom stereocenters. The standard InChI is InChI=1S/C9H18N2O2/c1-3-6-11-9(12)8(2)13-7-4-5-10/h3,8H,1,4-7,10H2,2H3,(H,11,12). The van der Waals surface area contributed by atoms with E-state index in [1.807, 2.05) is 0 Å². The largest absolute Gasteiger partial charge is 0.369 e. The molecule has 0 spiro atoms. The first-order chi connectivity index (χ1) is 6.22. The third-order valence-corrected chi connectivity index (χ3v) is 1.51. The second-order valence-electron chi connectivity index (χ2n) is 2.69. The molecular weight excluding hydrogens is 168 g/mol. The quantitative estimate of drug-likeness (QED) is 0.436. The summed E-state index contributed by atoms with van der Waals surface area (Å²) < 4.78 is 5.21. The van der Waals surface area contributed by atoms with Gasteiger partial charge in [-0.3, -0.25) is 4.79 Å². The molecule has 0 rings (SSSR count). The summed E-state index contributed by atoms with van der Waals surface area (Å²) in [7, 11) is 0. The molecule has 0 aromatic heterocycles. The second-order valence-corrected chi connectivity index (χ2v) is 2.69. The van der Waals surface area contributed by atoms with Crippen LogP contribution in [0.1, 0.15) is 13.3 Å². The van der Waals surface area contributed by atoms with Crippen molar-refractivity contribution in [2.24, 2.45) is 5.73 Å². The highest BCUT2D eigenvalue weighted by molar-refractivity contribution is 5.80. The van der Waals surface area contributed by atoms with Crippen molar-refractivity contribution in [3.8, 4) is 0 Å². The van der Waals surface area contributed by atoms with Crippen molar-refractivity contribution < 1.29 is 9.53 Å². The van der Waals surface area contributed by atoms with E-state index >= 15 is 0 Å². The van der Waals surface area contributed by atoms with E-state index in [1.54, 1.807) is 13.0 Å². The normalized spacial score (nSPS) is 12.2. The van der Waals surface area contributed by atoms with Crippen molar-refractivity contribution in [1.29, 1.82) is 0 Å². The SMILES string of the molecule is C=CCNC(=O)C(C)OCCCN. The Morgan fingerprint density at radius 3 is 3.00 bits per heavy atom. The predicted octanol–water partition coefficient (Wildman–Crippen LogP) is 0.0425. The number of amides is 1. The molecule has 0 heterocycles. The monoisotopic (exact) mass is 186 g/mol. The van der Waals surface area contributed by atoms with Crippen LogP contribution in [0, 0.1) is 0 Å². The maximum atomic E-state index is 11.2. The van der Waals surface area contributed by atoms with Crippen molar-refractivity contribution in [2.45, 2.75) is 19.4 Å². The minimum atomic E-state index is -0.411. The number of carbonyl (C=O) groups excluding carboxylic acids is 1. The minimum absolute atomic E-state index is 0.114. The zero-order valence-corrected chi connectivity index (χ0v) is 8.08. The van der Waals surface area contributed by atoms with Crippen LogP contribution < -0.4 is 11.1 Å². The average Bonchev–Trinajstić information content (AvgIpc) is 2.14. The minimum Gasteiger partial charge on any atom is -0.369 e. The molecule has 0 fully saturated rings. The third kappa shape index (κ3) is 6.31. The van der Waals surface area contributed by atoms with E-state index in [9.17, 15) is 4.79 Å². The summed E-state index contributed by atoms with van der Waals surface area (Å²) in [4.78, 5) is 11.2. The summed E-state index contributed by atoms with van der Waals surface area (Å²) in [6.07, 6.45) is 2.00. The molecular formula is C9H18N2O2. The molecule has 0 aliphatic carbocycles. The number of nitrogens with one attached hydrogen (secondary N) is 1. The summed E-state index contributed by atoms with van der Waals surface area (Å²) in [5.41, 5.74) is 5.28. The smallest absolute Gasteiger partial charge is 0.249 e. The fourth-order valence-corrected chi connectivity index (χ4v) is 0.736. The van der Waals surface area contributed by atoms with E-state index in [4.69, 9.17) is 10.5 Å². The molecule has 1 amide bonds. The lowest BCUT2D eigenvalue weighted by Crippen LogP contribution is -2.34. The predicted molar refractivity (Wildman–Crippen MR) is 52.3 cm³/mol. The Bertz CT molecular complexity index is 160. The summed E-state index contributed by atoms with van der Waals surface area (Å²) in [5, 5.41) is 2.65. The van der Waals surface area contributed by atoms with Gasteiger partial charge in [0.15, 0.2) is 0 Å². The van der Waals surface area contributed by atoms with Crippen LogP contribution in [0.15, 0.2) is 12.7 Å². The van der Waals surface area contributed by atoms with Gasteiger partial charge >= 0.3 is 0 Å². The number of hydrogen-bond donors (Lipinski definition) is 2. The molecule has 76 valence electrons. The van der Waals surface area contributed by atoms with Gasteiger partial charge in [-0.25, -0.2) is 0 Å². The molecule has 0 radical (unpaired) electrons. The van der Waals surface area contributed by atoms with Gasteiger partial charge in [-0.15, -0.1) is 6.58 Å². The van der Waals surface area contributed by atoms with Crippen LogP contribution in [0.5, 0.6) is 0 Å². The zero-order valence-electron chi connectivity index (χ0n) is 8.08. The van der Waals surface area contributed by atoms with E-state index in [0.717, 1.165) is 6.42 Å². The Balaban J connectivity index is 3.50. The summed E-state index contributed by atoms with van der Waals surface area (Å²) in [6.45, 7) is 6.80. The van der Waals surface area contributed by atoms with Gasteiger partial charge in [-0.05, 0) is 19.9 Å². The molecule has 0 aromatic rings. The van der Waals surface area contributed by atoms with Gasteiger partial charge in [-0.1, -0.05) is 6.08 Å². The summed E-state index contributed by atoms with van der Waals surface area (Å²) >= 11 is 0. The first-order valence-corrected chi connectivity index (χ1v) is 4.42. The topological polar surface area (TPSA) is 64.3 Å². The van der Waals surface area contributed by atoms with Crippen LogP contribution in [0.3, 0.4) is 0 Å². The van der Waals surface area contributed by atoms with Gasteiger partial charge in [0.2, 0.25) is 5.91 Å². The van der Waals surface area contributed by atoms with Gasteiger partial charge in [0.1, 0.15) is 6.10 Å². The van der Waals surface area contributed by atoms with E-state index in [0.29, 0.717) is 19.7 Å². The van der Waals surface area contributed by atoms with Crippen molar-refractivity contribution in [1.82, 2.24) is 5.32 Å². The second kappa shape index (κ2) is 7.76. The zero-order chi connectivity index (χ0) is 10.1. The molecule has 4 heteroatoms. The summed E-state index contributed by atoms with van der Waals surface area (Å²) in [5.74, 6) is -0.114. The molecule has 13 heavy (non-hydrogen) atoms.